The number of benzene rings is 2. The summed E-state index contributed by atoms with van der Waals surface area (Å²) in [6, 6.07) is 10.6. The van der Waals surface area contributed by atoms with Crippen LogP contribution in [0.1, 0.15) is 21.5 Å². The van der Waals surface area contributed by atoms with E-state index in [0.717, 1.165) is 15.6 Å². The van der Waals surface area contributed by atoms with Gasteiger partial charge < -0.3 is 11.1 Å². The van der Waals surface area contributed by atoms with Crippen molar-refractivity contribution in [1.82, 2.24) is 5.32 Å². The van der Waals surface area contributed by atoms with E-state index in [2.05, 4.69) is 21.2 Å². The zero-order valence-electron chi connectivity index (χ0n) is 12.8. The van der Waals surface area contributed by atoms with Crippen LogP contribution in [0.3, 0.4) is 0 Å². The molecule has 0 saturated carbocycles. The van der Waals surface area contributed by atoms with Gasteiger partial charge in [0.1, 0.15) is 0 Å². The molecule has 0 aliphatic heterocycles. The number of carbonyl (C=O) groups excluding carboxylic acids is 1. The first-order valence-electron chi connectivity index (χ1n) is 6.84. The van der Waals surface area contributed by atoms with E-state index in [1.165, 1.54) is 11.8 Å². The minimum atomic E-state index is -0.201. The van der Waals surface area contributed by atoms with Crippen LogP contribution in [0.4, 0.5) is 0 Å². The summed E-state index contributed by atoms with van der Waals surface area (Å²) in [6.07, 6.45) is 0. The Kier molecular flexibility index (Phi) is 9.30. The Morgan fingerprint density at radius 3 is 2.56 bits per heavy atom. The maximum Gasteiger partial charge on any atom is 0.251 e. The number of carbonyl (C=O) groups is 1. The molecule has 0 aliphatic rings. The number of rotatable bonds is 5. The first kappa shape index (κ1) is 22.3. The zero-order valence-corrected chi connectivity index (χ0v) is 18.4. The van der Waals surface area contributed by atoms with Gasteiger partial charge in [0.15, 0.2) is 5.17 Å². The second-order valence-electron chi connectivity index (χ2n) is 4.89. The number of nitrogens with two attached hydrogens (primary N) is 1. The highest BCUT2D eigenvalue weighted by Crippen LogP contribution is 2.23. The summed E-state index contributed by atoms with van der Waals surface area (Å²) in [5.41, 5.74) is 7.58. The first-order valence-corrected chi connectivity index (χ1v) is 9.37. The van der Waals surface area contributed by atoms with Crippen LogP contribution in [-0.2, 0) is 12.3 Å². The van der Waals surface area contributed by atoms with E-state index in [1.54, 1.807) is 24.3 Å². The SMILES string of the molecule is Br.N=C(N)SCc1cc(Br)ccc1C(=O)NCc1ccc(Cl)c(Cl)c1. The number of nitrogens with one attached hydrogen (secondary N) is 2. The second kappa shape index (κ2) is 10.4. The molecule has 2 aromatic rings. The summed E-state index contributed by atoms with van der Waals surface area (Å²) in [7, 11) is 0. The molecule has 0 radical (unpaired) electrons. The Bertz CT molecular complexity index is 790. The van der Waals surface area contributed by atoms with Crippen LogP contribution in [0, 0.1) is 5.41 Å². The third-order valence-electron chi connectivity index (χ3n) is 3.13. The van der Waals surface area contributed by atoms with Gasteiger partial charge in [-0.1, -0.05) is 57.0 Å². The van der Waals surface area contributed by atoms with Crippen molar-refractivity contribution < 1.29 is 4.79 Å². The monoisotopic (exact) mass is 525 g/mol. The lowest BCUT2D eigenvalue weighted by Gasteiger charge is -2.11. The van der Waals surface area contributed by atoms with Crippen LogP contribution in [0.25, 0.3) is 0 Å². The average molecular weight is 528 g/mol. The Morgan fingerprint density at radius 1 is 1.20 bits per heavy atom. The number of halogens is 4. The molecule has 0 aliphatic carbocycles. The van der Waals surface area contributed by atoms with Crippen molar-refractivity contribution in [2.24, 2.45) is 5.73 Å². The largest absolute Gasteiger partial charge is 0.379 e. The summed E-state index contributed by atoms with van der Waals surface area (Å²) < 4.78 is 0.864. The lowest BCUT2D eigenvalue weighted by molar-refractivity contribution is 0.0950. The van der Waals surface area contributed by atoms with Crippen molar-refractivity contribution in [3.63, 3.8) is 0 Å². The molecule has 0 bridgehead atoms. The molecule has 0 fully saturated rings. The van der Waals surface area contributed by atoms with Crippen LogP contribution < -0.4 is 11.1 Å². The minimum absolute atomic E-state index is 0. The quantitative estimate of drug-likeness (QED) is 0.360. The summed E-state index contributed by atoms with van der Waals surface area (Å²) in [4.78, 5) is 12.5. The first-order chi connectivity index (χ1) is 11.4. The number of amides is 1. The summed E-state index contributed by atoms with van der Waals surface area (Å²) >= 11 is 16.4. The molecule has 4 N–H and O–H groups in total. The average Bonchev–Trinajstić information content (AvgIpc) is 2.53. The van der Waals surface area contributed by atoms with Crippen molar-refractivity contribution >= 4 is 78.9 Å². The standard InChI is InChI=1S/C16H14BrCl2N3OS.BrH/c17-11-2-3-12(10(6-11)8-24-16(20)21)15(23)22-7-9-1-4-13(18)14(19)5-9;/h1-6H,7-8H2,(H3,20,21)(H,22,23);1H. The Balaban J connectivity index is 0.00000312. The number of hydrogen-bond acceptors (Lipinski definition) is 3. The summed E-state index contributed by atoms with van der Waals surface area (Å²) in [5.74, 6) is 0.248. The van der Waals surface area contributed by atoms with Crippen molar-refractivity contribution in [2.75, 3.05) is 0 Å². The second-order valence-corrected chi connectivity index (χ2v) is 7.63. The molecule has 4 nitrogen and oxygen atoms in total. The van der Waals surface area contributed by atoms with Crippen molar-refractivity contribution in [3.05, 3.63) is 67.6 Å². The topological polar surface area (TPSA) is 79.0 Å². The van der Waals surface area contributed by atoms with Gasteiger partial charge in [0, 0.05) is 22.3 Å². The highest BCUT2D eigenvalue weighted by Gasteiger charge is 2.12. The van der Waals surface area contributed by atoms with E-state index < -0.39 is 0 Å². The molecule has 0 unspecified atom stereocenters. The van der Waals surface area contributed by atoms with E-state index in [0.29, 0.717) is 27.9 Å². The highest BCUT2D eigenvalue weighted by molar-refractivity contribution is 9.10. The smallest absolute Gasteiger partial charge is 0.251 e. The molecule has 0 spiro atoms. The van der Waals surface area contributed by atoms with Crippen LogP contribution in [0.5, 0.6) is 0 Å². The van der Waals surface area contributed by atoms with Crippen LogP contribution in [-0.4, -0.2) is 11.1 Å². The van der Waals surface area contributed by atoms with E-state index in [1.807, 2.05) is 12.1 Å². The Hall–Kier alpha value is -0.730. The lowest BCUT2D eigenvalue weighted by atomic mass is 10.1. The maximum absolute atomic E-state index is 12.5. The summed E-state index contributed by atoms with van der Waals surface area (Å²) in [5, 5.41) is 11.1. The molecule has 2 rings (SSSR count). The van der Waals surface area contributed by atoms with Gasteiger partial charge in [0.05, 0.1) is 10.0 Å². The van der Waals surface area contributed by atoms with Gasteiger partial charge in [-0.2, -0.15) is 0 Å². The fraction of sp³-hybridized carbons (Fsp3) is 0.125. The van der Waals surface area contributed by atoms with E-state index in [-0.39, 0.29) is 28.1 Å². The van der Waals surface area contributed by atoms with Crippen molar-refractivity contribution in [1.29, 1.82) is 5.41 Å². The van der Waals surface area contributed by atoms with Gasteiger partial charge in [0.25, 0.3) is 5.91 Å². The van der Waals surface area contributed by atoms with E-state index >= 15 is 0 Å². The number of amidine groups is 1. The van der Waals surface area contributed by atoms with Crippen LogP contribution >= 0.6 is 67.9 Å². The van der Waals surface area contributed by atoms with Crippen LogP contribution in [0.15, 0.2) is 40.9 Å². The molecule has 0 heterocycles. The Labute approximate surface area is 179 Å². The van der Waals surface area contributed by atoms with Gasteiger partial charge >= 0.3 is 0 Å². The normalized spacial score (nSPS) is 10.0. The number of thioether (sulfide) groups is 1. The highest BCUT2D eigenvalue weighted by atomic mass is 79.9. The minimum Gasteiger partial charge on any atom is -0.379 e. The molecule has 0 saturated heterocycles. The summed E-state index contributed by atoms with van der Waals surface area (Å²) in [6.45, 7) is 0.338. The fourth-order valence-corrected chi connectivity index (χ4v) is 3.26. The lowest BCUT2D eigenvalue weighted by Crippen LogP contribution is -2.24. The van der Waals surface area contributed by atoms with Gasteiger partial charge in [-0.25, -0.2) is 0 Å². The van der Waals surface area contributed by atoms with Gasteiger partial charge in [-0.05, 0) is 41.5 Å². The Morgan fingerprint density at radius 2 is 1.92 bits per heavy atom. The molecular weight excluding hydrogens is 513 g/mol. The molecule has 25 heavy (non-hydrogen) atoms. The third-order valence-corrected chi connectivity index (χ3v) is 5.13. The predicted octanol–water partition coefficient (Wildman–Crippen LogP) is 5.39. The molecule has 2 aromatic carbocycles. The van der Waals surface area contributed by atoms with Gasteiger partial charge in [-0.3, -0.25) is 10.2 Å². The van der Waals surface area contributed by atoms with Crippen molar-refractivity contribution in [2.45, 2.75) is 12.3 Å². The molecule has 0 aromatic heterocycles. The molecule has 1 amide bonds. The van der Waals surface area contributed by atoms with E-state index in [4.69, 9.17) is 34.3 Å². The molecule has 0 atom stereocenters. The maximum atomic E-state index is 12.5. The van der Waals surface area contributed by atoms with Gasteiger partial charge in [0.2, 0.25) is 0 Å². The zero-order chi connectivity index (χ0) is 17.7. The molecular formula is C16H15Br2Cl2N3OS. The van der Waals surface area contributed by atoms with Crippen molar-refractivity contribution in [3.8, 4) is 0 Å². The predicted molar refractivity (Wildman–Crippen MR) is 115 cm³/mol. The van der Waals surface area contributed by atoms with E-state index in [9.17, 15) is 4.79 Å². The fourth-order valence-electron chi connectivity index (χ4n) is 1.99. The number of hydrogen-bond donors (Lipinski definition) is 3. The molecule has 9 heteroatoms. The third kappa shape index (κ3) is 6.83. The van der Waals surface area contributed by atoms with Gasteiger partial charge in [-0.15, -0.1) is 17.0 Å². The molecule has 134 valence electrons. The van der Waals surface area contributed by atoms with Crippen LogP contribution in [0.2, 0.25) is 10.0 Å².